The molecule has 1 heterocycles. The third-order valence-corrected chi connectivity index (χ3v) is 4.04. The number of rotatable bonds is 4. The second-order valence-electron chi connectivity index (χ2n) is 6.31. The Labute approximate surface area is 156 Å². The van der Waals surface area contributed by atoms with E-state index >= 15 is 0 Å². The van der Waals surface area contributed by atoms with E-state index in [9.17, 15) is 14.4 Å². The molecule has 4 N–H and O–H groups in total. The second-order valence-corrected chi connectivity index (χ2v) is 6.31. The Kier molecular flexibility index (Phi) is 5.21. The highest BCUT2D eigenvalue weighted by atomic mass is 16.2. The number of amides is 3. The highest BCUT2D eigenvalue weighted by Crippen LogP contribution is 2.17. The van der Waals surface area contributed by atoms with Gasteiger partial charge >= 0.3 is 0 Å². The average Bonchev–Trinajstić information content (AvgIpc) is 3.07. The first-order valence-corrected chi connectivity index (χ1v) is 8.46. The second kappa shape index (κ2) is 7.74. The van der Waals surface area contributed by atoms with Crippen molar-refractivity contribution in [3.63, 3.8) is 0 Å². The maximum atomic E-state index is 12.2. The summed E-state index contributed by atoms with van der Waals surface area (Å²) >= 11 is 0. The van der Waals surface area contributed by atoms with Crippen molar-refractivity contribution in [1.82, 2.24) is 21.2 Å². The Balaban J connectivity index is 1.52. The third kappa shape index (κ3) is 4.33. The lowest BCUT2D eigenvalue weighted by Gasteiger charge is -2.09. The van der Waals surface area contributed by atoms with Gasteiger partial charge in [-0.15, -0.1) is 0 Å². The molecule has 0 saturated heterocycles. The number of aryl methyl sites for hydroxylation is 2. The standard InChI is InChI=1S/C20H20N4O3/c1-12-7-13(2)9-14(8-12)19(26)22-11-18(25)23-24-20(27)16-10-21-17-6-4-3-5-15(16)17/h3-10,21H,11H2,1-2H3,(H,22,26)(H,23,25)(H,24,27). The zero-order chi connectivity index (χ0) is 19.4. The predicted molar refractivity (Wildman–Crippen MR) is 102 cm³/mol. The van der Waals surface area contributed by atoms with Gasteiger partial charge in [-0.2, -0.15) is 0 Å². The molecule has 0 fully saturated rings. The zero-order valence-corrected chi connectivity index (χ0v) is 15.1. The minimum Gasteiger partial charge on any atom is -0.360 e. The van der Waals surface area contributed by atoms with Crippen LogP contribution in [0.5, 0.6) is 0 Å². The predicted octanol–water partition coefficient (Wildman–Crippen LogP) is 1.98. The van der Waals surface area contributed by atoms with Crippen LogP contribution in [0.15, 0.2) is 48.7 Å². The van der Waals surface area contributed by atoms with Gasteiger partial charge in [-0.05, 0) is 32.0 Å². The number of hydrazine groups is 1. The molecule has 0 atom stereocenters. The summed E-state index contributed by atoms with van der Waals surface area (Å²) in [6.45, 7) is 3.55. The molecule has 138 valence electrons. The Bertz CT molecular complexity index is 1000. The van der Waals surface area contributed by atoms with Crippen LogP contribution in [0.1, 0.15) is 31.8 Å². The molecule has 7 nitrogen and oxygen atoms in total. The Morgan fingerprint density at radius 3 is 2.37 bits per heavy atom. The largest absolute Gasteiger partial charge is 0.360 e. The molecule has 7 heteroatoms. The van der Waals surface area contributed by atoms with Gasteiger partial charge in [0.05, 0.1) is 12.1 Å². The Morgan fingerprint density at radius 2 is 1.63 bits per heavy atom. The van der Waals surface area contributed by atoms with Crippen molar-refractivity contribution in [3.8, 4) is 0 Å². The highest BCUT2D eigenvalue weighted by Gasteiger charge is 2.13. The van der Waals surface area contributed by atoms with E-state index in [4.69, 9.17) is 0 Å². The van der Waals surface area contributed by atoms with Gasteiger partial charge in [0.15, 0.2) is 0 Å². The van der Waals surface area contributed by atoms with E-state index in [2.05, 4.69) is 21.2 Å². The minimum absolute atomic E-state index is 0.250. The highest BCUT2D eigenvalue weighted by molar-refractivity contribution is 6.07. The molecule has 0 aliphatic heterocycles. The molecule has 0 saturated carbocycles. The van der Waals surface area contributed by atoms with Crippen LogP contribution in [-0.4, -0.2) is 29.3 Å². The summed E-state index contributed by atoms with van der Waals surface area (Å²) in [6.07, 6.45) is 1.58. The Morgan fingerprint density at radius 1 is 0.926 bits per heavy atom. The van der Waals surface area contributed by atoms with E-state index in [1.807, 2.05) is 44.2 Å². The summed E-state index contributed by atoms with van der Waals surface area (Å²) in [5.41, 5.74) is 8.32. The fraction of sp³-hybridized carbons (Fsp3) is 0.150. The number of fused-ring (bicyclic) bond motifs is 1. The molecule has 0 unspecified atom stereocenters. The molecule has 0 spiro atoms. The number of aromatic nitrogens is 1. The van der Waals surface area contributed by atoms with E-state index in [0.29, 0.717) is 11.1 Å². The SMILES string of the molecule is Cc1cc(C)cc(C(=O)NCC(=O)NNC(=O)c2c[nH]c3ccccc23)c1. The lowest BCUT2D eigenvalue weighted by molar-refractivity contribution is -0.120. The minimum atomic E-state index is -0.527. The molecule has 2 aromatic carbocycles. The van der Waals surface area contributed by atoms with Crippen LogP contribution in [0, 0.1) is 13.8 Å². The topological polar surface area (TPSA) is 103 Å². The third-order valence-electron chi connectivity index (χ3n) is 4.04. The number of H-pyrrole nitrogens is 1. The van der Waals surface area contributed by atoms with E-state index < -0.39 is 11.8 Å². The van der Waals surface area contributed by atoms with Crippen LogP contribution >= 0.6 is 0 Å². The lowest BCUT2D eigenvalue weighted by Crippen LogP contribution is -2.46. The van der Waals surface area contributed by atoms with E-state index in [-0.39, 0.29) is 12.5 Å². The summed E-state index contributed by atoms with van der Waals surface area (Å²) in [6, 6.07) is 12.8. The van der Waals surface area contributed by atoms with Gasteiger partial charge in [0.1, 0.15) is 0 Å². The number of hydrogen-bond donors (Lipinski definition) is 4. The molecular formula is C20H20N4O3. The van der Waals surface area contributed by atoms with Crippen molar-refractivity contribution in [2.45, 2.75) is 13.8 Å². The average molecular weight is 364 g/mol. The van der Waals surface area contributed by atoms with Crippen molar-refractivity contribution < 1.29 is 14.4 Å². The fourth-order valence-corrected chi connectivity index (χ4v) is 2.87. The smallest absolute Gasteiger partial charge is 0.271 e. The van der Waals surface area contributed by atoms with Crippen LogP contribution in [-0.2, 0) is 4.79 Å². The van der Waals surface area contributed by atoms with Gasteiger partial charge in [-0.25, -0.2) is 0 Å². The van der Waals surface area contributed by atoms with Crippen molar-refractivity contribution in [2.24, 2.45) is 0 Å². The molecule has 3 aromatic rings. The van der Waals surface area contributed by atoms with Crippen molar-refractivity contribution >= 4 is 28.6 Å². The molecule has 0 aliphatic carbocycles. The molecule has 0 radical (unpaired) electrons. The summed E-state index contributed by atoms with van der Waals surface area (Å²) in [5.74, 6) is -1.32. The van der Waals surface area contributed by atoms with E-state index in [1.54, 1.807) is 18.3 Å². The van der Waals surface area contributed by atoms with Crippen molar-refractivity contribution in [2.75, 3.05) is 6.54 Å². The lowest BCUT2D eigenvalue weighted by atomic mass is 10.1. The number of carbonyl (C=O) groups is 3. The van der Waals surface area contributed by atoms with Crippen molar-refractivity contribution in [3.05, 3.63) is 70.9 Å². The summed E-state index contributed by atoms with van der Waals surface area (Å²) in [7, 11) is 0. The first kappa shape index (κ1) is 18.2. The molecule has 27 heavy (non-hydrogen) atoms. The molecule has 0 bridgehead atoms. The van der Waals surface area contributed by atoms with Gasteiger partial charge < -0.3 is 10.3 Å². The number of aromatic amines is 1. The van der Waals surface area contributed by atoms with Gasteiger partial charge in [-0.3, -0.25) is 25.2 Å². The number of hydrogen-bond acceptors (Lipinski definition) is 3. The molecule has 3 amide bonds. The summed E-state index contributed by atoms with van der Waals surface area (Å²) in [5, 5.41) is 3.29. The quantitative estimate of drug-likeness (QED) is 0.532. The maximum Gasteiger partial charge on any atom is 0.271 e. The van der Waals surface area contributed by atoms with Crippen LogP contribution in [0.25, 0.3) is 10.9 Å². The molecular weight excluding hydrogens is 344 g/mol. The number of para-hydroxylation sites is 1. The van der Waals surface area contributed by atoms with Crippen LogP contribution < -0.4 is 16.2 Å². The van der Waals surface area contributed by atoms with E-state index in [1.165, 1.54) is 0 Å². The normalized spacial score (nSPS) is 10.4. The van der Waals surface area contributed by atoms with Gasteiger partial charge in [0, 0.05) is 22.7 Å². The molecule has 0 aliphatic rings. The number of benzene rings is 2. The van der Waals surface area contributed by atoms with Gasteiger partial charge in [-0.1, -0.05) is 35.4 Å². The summed E-state index contributed by atoms with van der Waals surface area (Å²) in [4.78, 5) is 39.3. The fourth-order valence-electron chi connectivity index (χ4n) is 2.87. The Hall–Kier alpha value is -3.61. The first-order valence-electron chi connectivity index (χ1n) is 8.46. The van der Waals surface area contributed by atoms with Crippen molar-refractivity contribution in [1.29, 1.82) is 0 Å². The van der Waals surface area contributed by atoms with Crippen LogP contribution in [0.2, 0.25) is 0 Å². The van der Waals surface area contributed by atoms with Crippen LogP contribution in [0.4, 0.5) is 0 Å². The van der Waals surface area contributed by atoms with Crippen LogP contribution in [0.3, 0.4) is 0 Å². The molecule has 1 aromatic heterocycles. The zero-order valence-electron chi connectivity index (χ0n) is 15.1. The monoisotopic (exact) mass is 364 g/mol. The number of nitrogens with one attached hydrogen (secondary N) is 4. The molecule has 3 rings (SSSR count). The first-order chi connectivity index (χ1) is 12.9. The van der Waals surface area contributed by atoms with Gasteiger partial charge in [0.2, 0.25) is 0 Å². The maximum absolute atomic E-state index is 12.2. The van der Waals surface area contributed by atoms with Gasteiger partial charge in [0.25, 0.3) is 17.7 Å². The van der Waals surface area contributed by atoms with E-state index in [0.717, 1.165) is 22.0 Å². The number of carbonyl (C=O) groups excluding carboxylic acids is 3. The summed E-state index contributed by atoms with van der Waals surface area (Å²) < 4.78 is 0.